The van der Waals surface area contributed by atoms with Gasteiger partial charge in [-0.25, -0.2) is 18.0 Å². The van der Waals surface area contributed by atoms with Gasteiger partial charge in [-0.15, -0.1) is 10.2 Å². The van der Waals surface area contributed by atoms with Crippen molar-refractivity contribution in [2.75, 3.05) is 38.3 Å². The van der Waals surface area contributed by atoms with Gasteiger partial charge in [0.15, 0.2) is 5.82 Å². The Morgan fingerprint density at radius 1 is 1.33 bits per heavy atom. The number of likely N-dealkylation sites (tertiary alicyclic amines) is 1. The molecule has 10 nitrogen and oxygen atoms in total. The Morgan fingerprint density at radius 3 is 2.92 bits per heavy atom. The van der Waals surface area contributed by atoms with Gasteiger partial charge >= 0.3 is 0 Å². The fraction of sp³-hybridized carbons (Fsp3) is 0.478. The minimum atomic E-state index is -1.55. The summed E-state index contributed by atoms with van der Waals surface area (Å²) in [6.45, 7) is 3.17. The summed E-state index contributed by atoms with van der Waals surface area (Å²) in [5.41, 5.74) is -0.417. The second kappa shape index (κ2) is 8.59. The molecule has 2 saturated heterocycles. The molecule has 190 valence electrons. The van der Waals surface area contributed by atoms with Crippen LogP contribution in [0.25, 0.3) is 27.7 Å². The molecule has 2 fully saturated rings. The number of anilines is 1. The molecule has 6 rings (SSSR count). The van der Waals surface area contributed by atoms with E-state index in [0.717, 1.165) is 10.7 Å². The minimum absolute atomic E-state index is 0.0165. The molecule has 3 aromatic heterocycles. The number of aromatic amines is 1. The monoisotopic (exact) mass is 502 g/mol. The summed E-state index contributed by atoms with van der Waals surface area (Å²) in [6, 6.07) is 4.56. The number of aromatic nitrogens is 6. The first-order chi connectivity index (χ1) is 17.3. The number of alkyl halides is 2. The Balaban J connectivity index is 1.33. The fourth-order valence-corrected chi connectivity index (χ4v) is 4.96. The molecule has 1 unspecified atom stereocenters. The number of rotatable bonds is 7. The average Bonchev–Trinajstić information content (AvgIpc) is 3.43. The van der Waals surface area contributed by atoms with Gasteiger partial charge in [-0.3, -0.25) is 19.1 Å². The predicted octanol–water partition coefficient (Wildman–Crippen LogP) is 2.16. The van der Waals surface area contributed by atoms with Crippen molar-refractivity contribution < 1.29 is 17.9 Å². The summed E-state index contributed by atoms with van der Waals surface area (Å²) >= 11 is 0. The maximum atomic E-state index is 15.3. The molecule has 1 aromatic carbocycles. The smallest absolute Gasteiger partial charge is 0.277 e. The first kappa shape index (κ1) is 23.0. The lowest BCUT2D eigenvalue weighted by molar-refractivity contribution is -0.0606. The van der Waals surface area contributed by atoms with Gasteiger partial charge in [-0.05, 0) is 31.0 Å². The molecular formula is C23H25F3N8O2. The molecule has 2 atom stereocenters. The topological polar surface area (TPSA) is 105 Å². The van der Waals surface area contributed by atoms with Crippen molar-refractivity contribution in [2.24, 2.45) is 0 Å². The maximum Gasteiger partial charge on any atom is 0.277 e. The van der Waals surface area contributed by atoms with Crippen LogP contribution in [0.3, 0.4) is 0 Å². The SMILES string of the molecule is CC1(F)CN(C2COC2)C[C@H]1Nc1nn2cc(F)c(-c3ccc4nnn(CCCF)c4c3)c2c(=O)[nH]1. The summed E-state index contributed by atoms with van der Waals surface area (Å²) in [4.78, 5) is 17.7. The van der Waals surface area contributed by atoms with E-state index in [9.17, 15) is 9.18 Å². The van der Waals surface area contributed by atoms with Crippen LogP contribution in [-0.2, 0) is 11.3 Å². The highest BCUT2D eigenvalue weighted by Gasteiger charge is 2.47. The van der Waals surface area contributed by atoms with Gasteiger partial charge in [0.05, 0.1) is 49.2 Å². The number of ether oxygens (including phenoxy) is 1. The highest BCUT2D eigenvalue weighted by atomic mass is 19.1. The van der Waals surface area contributed by atoms with Crippen LogP contribution >= 0.6 is 0 Å². The van der Waals surface area contributed by atoms with Crippen LogP contribution in [0.4, 0.5) is 19.1 Å². The maximum absolute atomic E-state index is 15.3. The largest absolute Gasteiger partial charge is 0.378 e. The number of aryl methyl sites for hydroxylation is 1. The standard InChI is InChI=1S/C23H25F3N8O2/c1-23(26)12-32(14-10-36-11-14)9-18(23)27-22-28-21(35)20-19(15(25)8-34(20)30-22)13-3-4-16-17(7-13)33(31-29-16)6-2-5-24/h3-4,7-8,14,18H,2,5-6,9-12H2,1H3,(H2,27,28,30,35)/t18-,23?/m1/s1. The number of hydrogen-bond acceptors (Lipinski definition) is 7. The number of halogens is 3. The Labute approximate surface area is 203 Å². The first-order valence-electron chi connectivity index (χ1n) is 11.8. The normalized spacial score (nSPS) is 23.1. The highest BCUT2D eigenvalue weighted by molar-refractivity contribution is 5.87. The van der Waals surface area contributed by atoms with Crippen molar-refractivity contribution in [3.8, 4) is 11.1 Å². The van der Waals surface area contributed by atoms with E-state index >= 15 is 8.78 Å². The van der Waals surface area contributed by atoms with Crippen LogP contribution in [0.2, 0.25) is 0 Å². The molecule has 36 heavy (non-hydrogen) atoms. The predicted molar refractivity (Wildman–Crippen MR) is 126 cm³/mol. The molecule has 2 aliphatic rings. The van der Waals surface area contributed by atoms with Crippen LogP contribution < -0.4 is 10.9 Å². The zero-order valence-electron chi connectivity index (χ0n) is 19.5. The van der Waals surface area contributed by atoms with Crippen LogP contribution in [0.5, 0.6) is 0 Å². The van der Waals surface area contributed by atoms with Gasteiger partial charge in [0.25, 0.3) is 5.56 Å². The Bertz CT molecular complexity index is 1490. The summed E-state index contributed by atoms with van der Waals surface area (Å²) in [5.74, 6) is -0.585. The third kappa shape index (κ3) is 3.82. The average molecular weight is 503 g/mol. The Hall–Kier alpha value is -3.45. The highest BCUT2D eigenvalue weighted by Crippen LogP contribution is 2.32. The summed E-state index contributed by atoms with van der Waals surface area (Å²) in [6.07, 6.45) is 1.39. The number of H-pyrrole nitrogens is 1. The second-order valence-corrected chi connectivity index (χ2v) is 9.60. The van der Waals surface area contributed by atoms with Gasteiger partial charge in [0.2, 0.25) is 5.95 Å². The van der Waals surface area contributed by atoms with Crippen molar-refractivity contribution >= 4 is 22.5 Å². The summed E-state index contributed by atoms with van der Waals surface area (Å²) < 4.78 is 51.0. The molecular weight excluding hydrogens is 477 g/mol. The molecule has 0 saturated carbocycles. The van der Waals surface area contributed by atoms with Crippen LogP contribution in [0.15, 0.2) is 29.2 Å². The minimum Gasteiger partial charge on any atom is -0.378 e. The number of benzene rings is 1. The van der Waals surface area contributed by atoms with Gasteiger partial charge in [0, 0.05) is 19.6 Å². The summed E-state index contributed by atoms with van der Waals surface area (Å²) in [7, 11) is 0. The molecule has 2 aliphatic heterocycles. The molecule has 0 radical (unpaired) electrons. The molecule has 5 heterocycles. The van der Waals surface area contributed by atoms with Gasteiger partial charge < -0.3 is 10.1 Å². The van der Waals surface area contributed by atoms with Crippen LogP contribution in [0, 0.1) is 5.82 Å². The molecule has 13 heteroatoms. The Kier molecular flexibility index (Phi) is 5.48. The van der Waals surface area contributed by atoms with Gasteiger partial charge in [0.1, 0.15) is 16.7 Å². The molecule has 2 N–H and O–H groups in total. The molecule has 0 spiro atoms. The molecule has 0 aliphatic carbocycles. The third-order valence-electron chi connectivity index (χ3n) is 7.00. The quantitative estimate of drug-likeness (QED) is 0.399. The van der Waals surface area contributed by atoms with Crippen molar-refractivity contribution in [3.05, 3.63) is 40.6 Å². The van der Waals surface area contributed by atoms with Crippen molar-refractivity contribution in [3.63, 3.8) is 0 Å². The van der Waals surface area contributed by atoms with Gasteiger partial charge in [-0.2, -0.15) is 0 Å². The Morgan fingerprint density at radius 2 is 2.17 bits per heavy atom. The molecule has 4 aromatic rings. The zero-order valence-corrected chi connectivity index (χ0v) is 19.5. The fourth-order valence-electron chi connectivity index (χ4n) is 4.96. The van der Waals surface area contributed by atoms with E-state index in [-0.39, 0.29) is 36.0 Å². The van der Waals surface area contributed by atoms with E-state index in [1.807, 2.05) is 4.90 Å². The number of nitrogens with zero attached hydrogens (tertiary/aromatic N) is 6. The third-order valence-corrected chi connectivity index (χ3v) is 7.00. The zero-order chi connectivity index (χ0) is 25.0. The van der Waals surface area contributed by atoms with E-state index in [4.69, 9.17) is 4.74 Å². The lowest BCUT2D eigenvalue weighted by Gasteiger charge is -2.34. The summed E-state index contributed by atoms with van der Waals surface area (Å²) in [5, 5.41) is 15.4. The van der Waals surface area contributed by atoms with Crippen molar-refractivity contribution in [1.29, 1.82) is 0 Å². The first-order valence-corrected chi connectivity index (χ1v) is 11.8. The van der Waals surface area contributed by atoms with E-state index in [2.05, 4.69) is 25.7 Å². The number of fused-ring (bicyclic) bond motifs is 2. The van der Waals surface area contributed by atoms with Crippen LogP contribution in [0.1, 0.15) is 13.3 Å². The molecule has 0 amide bonds. The van der Waals surface area contributed by atoms with E-state index in [0.29, 0.717) is 42.9 Å². The lowest BCUT2D eigenvalue weighted by atomic mass is 10.0. The van der Waals surface area contributed by atoms with Crippen molar-refractivity contribution in [1.82, 2.24) is 34.5 Å². The number of nitrogens with one attached hydrogen (secondary N) is 2. The number of hydrogen-bond donors (Lipinski definition) is 2. The molecule has 0 bridgehead atoms. The van der Waals surface area contributed by atoms with Gasteiger partial charge in [-0.1, -0.05) is 11.3 Å². The van der Waals surface area contributed by atoms with E-state index < -0.39 is 29.8 Å². The van der Waals surface area contributed by atoms with Crippen LogP contribution in [-0.4, -0.2) is 85.2 Å². The van der Waals surface area contributed by atoms with Crippen molar-refractivity contribution in [2.45, 2.75) is 37.6 Å². The van der Waals surface area contributed by atoms with E-state index in [1.54, 1.807) is 22.9 Å². The lowest BCUT2D eigenvalue weighted by Crippen LogP contribution is -2.48. The second-order valence-electron chi connectivity index (χ2n) is 9.60. The van der Waals surface area contributed by atoms with E-state index in [1.165, 1.54) is 6.92 Å².